The molecule has 0 atom stereocenters. The van der Waals surface area contributed by atoms with E-state index in [0.717, 1.165) is 16.7 Å². The first-order chi connectivity index (χ1) is 8.16. The van der Waals surface area contributed by atoms with Crippen LogP contribution < -0.4 is 0 Å². The van der Waals surface area contributed by atoms with Crippen LogP contribution in [0.15, 0.2) is 30.6 Å². The van der Waals surface area contributed by atoms with Gasteiger partial charge in [-0.1, -0.05) is 12.1 Å². The van der Waals surface area contributed by atoms with E-state index in [1.165, 1.54) is 5.56 Å². The van der Waals surface area contributed by atoms with Crippen LogP contribution in [-0.2, 0) is 7.05 Å². The van der Waals surface area contributed by atoms with Crippen molar-refractivity contribution in [1.82, 2.24) is 19.3 Å². The molecule has 0 bridgehead atoms. The summed E-state index contributed by atoms with van der Waals surface area (Å²) >= 11 is 5.37. The highest BCUT2D eigenvalue weighted by Gasteiger charge is 2.08. The number of aromatic nitrogens is 4. The number of fused-ring (bicyclic) bond motifs is 1. The topological polar surface area (TPSA) is 38.5 Å². The van der Waals surface area contributed by atoms with Crippen LogP contribution in [-0.4, -0.2) is 19.3 Å². The van der Waals surface area contributed by atoms with Crippen LogP contribution >= 0.6 is 12.2 Å². The van der Waals surface area contributed by atoms with Crippen molar-refractivity contribution in [2.24, 2.45) is 7.05 Å². The minimum atomic E-state index is 0.697. The van der Waals surface area contributed by atoms with Crippen molar-refractivity contribution in [2.75, 3.05) is 0 Å². The lowest BCUT2D eigenvalue weighted by molar-refractivity contribution is 0.767. The SMILES string of the molecule is Cc1cccc2c1[nH]c(=S)n2-c1cnn(C)c1. The number of aromatic amines is 1. The number of para-hydroxylation sites is 1. The van der Waals surface area contributed by atoms with Crippen LogP contribution in [0.1, 0.15) is 5.56 Å². The fraction of sp³-hybridized carbons (Fsp3) is 0.167. The van der Waals surface area contributed by atoms with Crippen LogP contribution in [0.2, 0.25) is 0 Å². The van der Waals surface area contributed by atoms with Crippen molar-refractivity contribution in [3.05, 3.63) is 40.9 Å². The Morgan fingerprint density at radius 3 is 2.88 bits per heavy atom. The predicted molar refractivity (Wildman–Crippen MR) is 70.0 cm³/mol. The fourth-order valence-electron chi connectivity index (χ4n) is 2.05. The van der Waals surface area contributed by atoms with Crippen molar-refractivity contribution < 1.29 is 0 Å². The second kappa shape index (κ2) is 3.56. The van der Waals surface area contributed by atoms with E-state index in [-0.39, 0.29) is 0 Å². The third kappa shape index (κ3) is 1.51. The number of rotatable bonds is 1. The van der Waals surface area contributed by atoms with Gasteiger partial charge < -0.3 is 4.98 Å². The minimum Gasteiger partial charge on any atom is -0.330 e. The normalized spacial score (nSPS) is 11.2. The Morgan fingerprint density at radius 1 is 1.35 bits per heavy atom. The molecule has 5 heteroatoms. The summed E-state index contributed by atoms with van der Waals surface area (Å²) in [7, 11) is 1.90. The second-order valence-electron chi connectivity index (χ2n) is 4.11. The smallest absolute Gasteiger partial charge is 0.182 e. The average Bonchev–Trinajstić information content (AvgIpc) is 2.82. The van der Waals surface area contributed by atoms with Gasteiger partial charge in [0.15, 0.2) is 4.77 Å². The summed E-state index contributed by atoms with van der Waals surface area (Å²) in [4.78, 5) is 3.24. The molecule has 4 nitrogen and oxygen atoms in total. The van der Waals surface area contributed by atoms with Gasteiger partial charge in [-0.2, -0.15) is 5.10 Å². The Balaban J connectivity index is 2.40. The Morgan fingerprint density at radius 2 is 2.18 bits per heavy atom. The van der Waals surface area contributed by atoms with E-state index >= 15 is 0 Å². The summed E-state index contributed by atoms with van der Waals surface area (Å²) in [5.41, 5.74) is 4.34. The van der Waals surface area contributed by atoms with Crippen molar-refractivity contribution in [3.63, 3.8) is 0 Å². The molecule has 1 aromatic carbocycles. The number of nitrogens with one attached hydrogen (secondary N) is 1. The van der Waals surface area contributed by atoms with Crippen molar-refractivity contribution in [2.45, 2.75) is 6.92 Å². The van der Waals surface area contributed by atoms with Gasteiger partial charge in [0.2, 0.25) is 0 Å². The first-order valence-corrected chi connectivity index (χ1v) is 5.77. The van der Waals surface area contributed by atoms with E-state index in [9.17, 15) is 0 Å². The highest BCUT2D eigenvalue weighted by atomic mass is 32.1. The molecule has 2 heterocycles. The zero-order chi connectivity index (χ0) is 12.0. The van der Waals surface area contributed by atoms with Crippen LogP contribution in [0, 0.1) is 11.7 Å². The summed E-state index contributed by atoms with van der Waals surface area (Å²) in [6, 6.07) is 6.16. The molecule has 0 aliphatic heterocycles. The zero-order valence-corrected chi connectivity index (χ0v) is 10.5. The summed E-state index contributed by atoms with van der Waals surface area (Å²) < 4.78 is 4.47. The fourth-order valence-corrected chi connectivity index (χ4v) is 2.36. The first kappa shape index (κ1) is 10.3. The molecule has 0 spiro atoms. The Hall–Kier alpha value is -1.88. The second-order valence-corrected chi connectivity index (χ2v) is 4.49. The molecule has 0 aliphatic rings. The molecule has 0 amide bonds. The van der Waals surface area contributed by atoms with E-state index in [0.29, 0.717) is 4.77 Å². The number of H-pyrrole nitrogens is 1. The van der Waals surface area contributed by atoms with Gasteiger partial charge in [-0.25, -0.2) is 0 Å². The monoisotopic (exact) mass is 244 g/mol. The molecule has 0 radical (unpaired) electrons. The minimum absolute atomic E-state index is 0.697. The molecular formula is C12H12N4S. The first-order valence-electron chi connectivity index (χ1n) is 5.36. The summed E-state index contributed by atoms with van der Waals surface area (Å²) in [5, 5.41) is 4.18. The number of benzene rings is 1. The number of aryl methyl sites for hydroxylation is 2. The van der Waals surface area contributed by atoms with E-state index in [1.807, 2.05) is 30.1 Å². The molecule has 1 N–H and O–H groups in total. The standard InChI is InChI=1S/C12H12N4S/c1-8-4-3-5-10-11(8)14-12(17)16(10)9-6-13-15(2)7-9/h3-7H,1-2H3,(H,14,17). The Kier molecular flexibility index (Phi) is 2.16. The summed E-state index contributed by atoms with van der Waals surface area (Å²) in [5.74, 6) is 0. The van der Waals surface area contributed by atoms with Crippen LogP contribution in [0.4, 0.5) is 0 Å². The molecule has 3 aromatic rings. The lowest BCUT2D eigenvalue weighted by atomic mass is 10.2. The maximum absolute atomic E-state index is 5.37. The van der Waals surface area contributed by atoms with Gasteiger partial charge in [0, 0.05) is 13.2 Å². The highest BCUT2D eigenvalue weighted by molar-refractivity contribution is 7.71. The van der Waals surface area contributed by atoms with Gasteiger partial charge in [0.1, 0.15) is 0 Å². The van der Waals surface area contributed by atoms with E-state index in [2.05, 4.69) is 29.1 Å². The van der Waals surface area contributed by atoms with Gasteiger partial charge in [-0.15, -0.1) is 0 Å². The third-order valence-corrected chi connectivity index (χ3v) is 3.16. The molecule has 0 saturated heterocycles. The van der Waals surface area contributed by atoms with E-state index in [4.69, 9.17) is 12.2 Å². The third-order valence-electron chi connectivity index (χ3n) is 2.88. The van der Waals surface area contributed by atoms with E-state index < -0.39 is 0 Å². The van der Waals surface area contributed by atoms with Gasteiger partial charge >= 0.3 is 0 Å². The number of hydrogen-bond acceptors (Lipinski definition) is 2. The molecule has 3 rings (SSSR count). The molecular weight excluding hydrogens is 232 g/mol. The number of imidazole rings is 1. The molecule has 86 valence electrons. The molecule has 0 saturated carbocycles. The molecule has 0 fully saturated rings. The largest absolute Gasteiger partial charge is 0.330 e. The van der Waals surface area contributed by atoms with Crippen molar-refractivity contribution in [3.8, 4) is 5.69 Å². The van der Waals surface area contributed by atoms with Crippen molar-refractivity contribution >= 4 is 23.3 Å². The molecule has 2 aromatic heterocycles. The molecule has 17 heavy (non-hydrogen) atoms. The lowest BCUT2D eigenvalue weighted by Crippen LogP contribution is -1.92. The Bertz CT molecular complexity index is 747. The van der Waals surface area contributed by atoms with Crippen LogP contribution in [0.5, 0.6) is 0 Å². The lowest BCUT2D eigenvalue weighted by Gasteiger charge is -2.00. The Labute approximate surface area is 104 Å². The quantitative estimate of drug-likeness (QED) is 0.668. The van der Waals surface area contributed by atoms with Crippen molar-refractivity contribution in [1.29, 1.82) is 0 Å². The maximum atomic E-state index is 5.37. The molecule has 0 unspecified atom stereocenters. The van der Waals surface area contributed by atoms with Gasteiger partial charge in [0.05, 0.1) is 22.9 Å². The van der Waals surface area contributed by atoms with Crippen LogP contribution in [0.3, 0.4) is 0 Å². The summed E-state index contributed by atoms with van der Waals surface area (Å²) in [6.45, 7) is 2.07. The number of nitrogens with zero attached hydrogens (tertiary/aromatic N) is 3. The van der Waals surface area contributed by atoms with Gasteiger partial charge in [-0.05, 0) is 30.8 Å². The molecule has 0 aliphatic carbocycles. The zero-order valence-electron chi connectivity index (χ0n) is 9.64. The average molecular weight is 244 g/mol. The summed E-state index contributed by atoms with van der Waals surface area (Å²) in [6.07, 6.45) is 3.76. The predicted octanol–water partition coefficient (Wildman–Crippen LogP) is 2.73. The maximum Gasteiger partial charge on any atom is 0.182 e. The van der Waals surface area contributed by atoms with E-state index in [1.54, 1.807) is 4.68 Å². The number of hydrogen-bond donors (Lipinski definition) is 1. The highest BCUT2D eigenvalue weighted by Crippen LogP contribution is 2.21. The van der Waals surface area contributed by atoms with Crippen LogP contribution in [0.25, 0.3) is 16.7 Å². The van der Waals surface area contributed by atoms with Gasteiger partial charge in [0.25, 0.3) is 0 Å². The van der Waals surface area contributed by atoms with Gasteiger partial charge in [-0.3, -0.25) is 9.25 Å².